The third kappa shape index (κ3) is 5.30. The van der Waals surface area contributed by atoms with Gasteiger partial charge in [-0.1, -0.05) is 63.3 Å². The number of nitrogens with one attached hydrogen (secondary N) is 1. The van der Waals surface area contributed by atoms with Crippen molar-refractivity contribution in [2.75, 3.05) is 5.32 Å². The highest BCUT2D eigenvalue weighted by Gasteiger charge is 2.35. The molecule has 0 saturated heterocycles. The van der Waals surface area contributed by atoms with Crippen LogP contribution >= 0.6 is 39.0 Å². The minimum absolute atomic E-state index is 0.148. The number of alkyl halides is 3. The molecule has 140 valence electrons. The molecule has 1 heterocycles. The van der Waals surface area contributed by atoms with Gasteiger partial charge in [0.15, 0.2) is 4.34 Å². The van der Waals surface area contributed by atoms with Gasteiger partial charge in [0.1, 0.15) is 0 Å². The Morgan fingerprint density at radius 3 is 2.52 bits per heavy atom. The van der Waals surface area contributed by atoms with E-state index in [-0.39, 0.29) is 5.13 Å². The number of thioether (sulfide) groups is 1. The second-order valence-electron chi connectivity index (χ2n) is 5.29. The van der Waals surface area contributed by atoms with Crippen molar-refractivity contribution in [1.82, 2.24) is 10.2 Å². The van der Waals surface area contributed by atoms with Crippen LogP contribution in [0.15, 0.2) is 57.3 Å². The molecule has 1 amide bonds. The zero-order valence-electron chi connectivity index (χ0n) is 13.5. The van der Waals surface area contributed by atoms with Crippen molar-refractivity contribution in [1.29, 1.82) is 0 Å². The Bertz CT molecular complexity index is 945. The van der Waals surface area contributed by atoms with Crippen LogP contribution in [0.5, 0.6) is 0 Å². The molecule has 0 unspecified atom stereocenters. The molecule has 0 spiro atoms. The molecule has 2 aromatic carbocycles. The topological polar surface area (TPSA) is 54.9 Å². The number of carbonyl (C=O) groups is 1. The average Bonchev–Trinajstić information content (AvgIpc) is 3.08. The second-order valence-corrected chi connectivity index (χ2v) is 8.40. The maximum atomic E-state index is 13.0. The van der Waals surface area contributed by atoms with E-state index in [0.717, 1.165) is 33.5 Å². The van der Waals surface area contributed by atoms with Gasteiger partial charge in [0.2, 0.25) is 5.13 Å². The van der Waals surface area contributed by atoms with Gasteiger partial charge >= 0.3 is 6.18 Å². The smallest absolute Gasteiger partial charge is 0.296 e. The van der Waals surface area contributed by atoms with E-state index in [0.29, 0.717) is 10.1 Å². The van der Waals surface area contributed by atoms with Gasteiger partial charge in [-0.2, -0.15) is 13.2 Å². The number of amides is 1. The van der Waals surface area contributed by atoms with Crippen LogP contribution in [0.3, 0.4) is 0 Å². The van der Waals surface area contributed by atoms with Crippen molar-refractivity contribution in [2.24, 2.45) is 0 Å². The van der Waals surface area contributed by atoms with Crippen LogP contribution in [-0.4, -0.2) is 16.1 Å². The van der Waals surface area contributed by atoms with Crippen molar-refractivity contribution >= 4 is 50.1 Å². The maximum Gasteiger partial charge on any atom is 0.417 e. The molecule has 0 aliphatic rings. The summed E-state index contributed by atoms with van der Waals surface area (Å²) in [5.74, 6) is -0.212. The molecule has 0 radical (unpaired) electrons. The van der Waals surface area contributed by atoms with Crippen LogP contribution in [0.25, 0.3) is 0 Å². The molecule has 0 aliphatic carbocycles. The van der Waals surface area contributed by atoms with E-state index in [1.165, 1.54) is 23.9 Å². The summed E-state index contributed by atoms with van der Waals surface area (Å²) in [6.45, 7) is 0. The third-order valence-electron chi connectivity index (χ3n) is 3.38. The molecular formula is C17H11BrF3N3OS2. The SMILES string of the molecule is O=C(Nc1nnc(SCc2ccc(Br)cc2)s1)c1ccccc1C(F)(F)F. The molecule has 4 nitrogen and oxygen atoms in total. The number of hydrogen-bond donors (Lipinski definition) is 1. The van der Waals surface area contributed by atoms with Gasteiger partial charge in [-0.3, -0.25) is 10.1 Å². The van der Waals surface area contributed by atoms with Gasteiger partial charge in [0, 0.05) is 10.2 Å². The van der Waals surface area contributed by atoms with Crippen LogP contribution in [-0.2, 0) is 11.9 Å². The van der Waals surface area contributed by atoms with Crippen LogP contribution in [0.1, 0.15) is 21.5 Å². The lowest BCUT2D eigenvalue weighted by Gasteiger charge is -2.11. The first-order valence-corrected chi connectivity index (χ1v) is 10.1. The van der Waals surface area contributed by atoms with E-state index in [1.54, 1.807) is 0 Å². The van der Waals surface area contributed by atoms with Gasteiger partial charge in [-0.25, -0.2) is 0 Å². The largest absolute Gasteiger partial charge is 0.417 e. The van der Waals surface area contributed by atoms with Crippen molar-refractivity contribution in [3.05, 3.63) is 69.7 Å². The van der Waals surface area contributed by atoms with E-state index in [2.05, 4.69) is 31.4 Å². The van der Waals surface area contributed by atoms with E-state index in [4.69, 9.17) is 0 Å². The molecule has 3 aromatic rings. The van der Waals surface area contributed by atoms with Crippen molar-refractivity contribution in [3.63, 3.8) is 0 Å². The Morgan fingerprint density at radius 1 is 1.11 bits per heavy atom. The Kier molecular flexibility index (Phi) is 6.18. The Hall–Kier alpha value is -1.91. The molecule has 0 saturated carbocycles. The summed E-state index contributed by atoms with van der Waals surface area (Å²) in [5.41, 5.74) is -0.357. The van der Waals surface area contributed by atoms with Crippen molar-refractivity contribution < 1.29 is 18.0 Å². The highest BCUT2D eigenvalue weighted by molar-refractivity contribution is 9.10. The van der Waals surface area contributed by atoms with E-state index < -0.39 is 23.2 Å². The number of anilines is 1. The molecule has 10 heteroatoms. The number of halogens is 4. The third-order valence-corrected chi connectivity index (χ3v) is 5.95. The molecule has 3 rings (SSSR count). The molecule has 27 heavy (non-hydrogen) atoms. The number of carbonyl (C=O) groups excluding carboxylic acids is 1. The zero-order valence-corrected chi connectivity index (χ0v) is 16.7. The monoisotopic (exact) mass is 473 g/mol. The molecule has 1 aromatic heterocycles. The van der Waals surface area contributed by atoms with Crippen molar-refractivity contribution in [2.45, 2.75) is 16.3 Å². The van der Waals surface area contributed by atoms with Gasteiger partial charge in [-0.15, -0.1) is 10.2 Å². The lowest BCUT2D eigenvalue weighted by Crippen LogP contribution is -2.18. The molecule has 1 N–H and O–H groups in total. The number of rotatable bonds is 5. The van der Waals surface area contributed by atoms with Gasteiger partial charge in [-0.05, 0) is 29.8 Å². The molecular weight excluding hydrogens is 463 g/mol. The minimum Gasteiger partial charge on any atom is -0.296 e. The van der Waals surface area contributed by atoms with Gasteiger partial charge < -0.3 is 0 Å². The first kappa shape index (κ1) is 19.8. The van der Waals surface area contributed by atoms with E-state index >= 15 is 0 Å². The van der Waals surface area contributed by atoms with Crippen LogP contribution in [0.2, 0.25) is 0 Å². The lowest BCUT2D eigenvalue weighted by atomic mass is 10.1. The number of nitrogens with zero attached hydrogens (tertiary/aromatic N) is 2. The normalized spacial score (nSPS) is 11.4. The predicted molar refractivity (Wildman–Crippen MR) is 103 cm³/mol. The lowest BCUT2D eigenvalue weighted by molar-refractivity contribution is -0.137. The van der Waals surface area contributed by atoms with Crippen molar-refractivity contribution in [3.8, 4) is 0 Å². The summed E-state index contributed by atoms with van der Waals surface area (Å²) in [4.78, 5) is 12.2. The number of aromatic nitrogens is 2. The van der Waals surface area contributed by atoms with Gasteiger partial charge in [0.25, 0.3) is 5.91 Å². The summed E-state index contributed by atoms with van der Waals surface area (Å²) in [7, 11) is 0. The second kappa shape index (κ2) is 8.41. The summed E-state index contributed by atoms with van der Waals surface area (Å²) in [6, 6.07) is 12.4. The summed E-state index contributed by atoms with van der Waals surface area (Å²) in [5, 5.41) is 10.3. The number of hydrogen-bond acceptors (Lipinski definition) is 5. The molecule has 0 bridgehead atoms. The first-order chi connectivity index (χ1) is 12.8. The Labute approximate surface area is 169 Å². The maximum absolute atomic E-state index is 13.0. The summed E-state index contributed by atoms with van der Waals surface area (Å²) < 4.78 is 40.7. The molecule has 0 fully saturated rings. The minimum atomic E-state index is -4.61. The van der Waals surface area contributed by atoms with Crippen LogP contribution in [0.4, 0.5) is 18.3 Å². The fourth-order valence-electron chi connectivity index (χ4n) is 2.14. The quantitative estimate of drug-likeness (QED) is 0.372. The molecule has 0 atom stereocenters. The molecule has 0 aliphatic heterocycles. The number of benzene rings is 2. The van der Waals surface area contributed by atoms with Crippen LogP contribution < -0.4 is 5.32 Å². The zero-order chi connectivity index (χ0) is 19.4. The fourth-order valence-corrected chi connectivity index (χ4v) is 4.10. The Morgan fingerprint density at radius 2 is 1.81 bits per heavy atom. The standard InChI is InChI=1S/C17H11BrF3N3OS2/c18-11-7-5-10(6-8-11)9-26-16-24-23-15(27-16)22-14(25)12-3-1-2-4-13(12)17(19,20)21/h1-8H,9H2,(H,22,23,25). The first-order valence-electron chi connectivity index (χ1n) is 7.51. The highest BCUT2D eigenvalue weighted by atomic mass is 79.9. The van der Waals surface area contributed by atoms with E-state index in [9.17, 15) is 18.0 Å². The summed E-state index contributed by atoms with van der Waals surface area (Å²) in [6.07, 6.45) is -4.61. The highest BCUT2D eigenvalue weighted by Crippen LogP contribution is 2.33. The van der Waals surface area contributed by atoms with Gasteiger partial charge in [0.05, 0.1) is 11.1 Å². The van der Waals surface area contributed by atoms with E-state index in [1.807, 2.05) is 24.3 Å². The predicted octanol–water partition coefficient (Wildman–Crippen LogP) is 5.86. The summed E-state index contributed by atoms with van der Waals surface area (Å²) >= 11 is 5.91. The van der Waals surface area contributed by atoms with Crippen LogP contribution in [0, 0.1) is 0 Å². The fraction of sp³-hybridized carbons (Fsp3) is 0.118. The average molecular weight is 474 g/mol. The Balaban J connectivity index is 1.66.